The van der Waals surface area contributed by atoms with E-state index < -0.39 is 0 Å². The summed E-state index contributed by atoms with van der Waals surface area (Å²) in [6.45, 7) is 4.22. The fourth-order valence-electron chi connectivity index (χ4n) is 5.24. The number of rotatable bonds is 2. The van der Waals surface area contributed by atoms with Gasteiger partial charge in [0.2, 0.25) is 0 Å². The van der Waals surface area contributed by atoms with Crippen LogP contribution >= 0.6 is 11.6 Å². The van der Waals surface area contributed by atoms with Gasteiger partial charge in [-0.2, -0.15) is 0 Å². The minimum absolute atomic E-state index is 0.231. The second-order valence-electron chi connectivity index (χ2n) is 7.05. The summed E-state index contributed by atoms with van der Waals surface area (Å²) in [4.78, 5) is 0. The molecule has 1 aromatic carbocycles. The Morgan fingerprint density at radius 3 is 2.37 bits per heavy atom. The zero-order valence-electron chi connectivity index (χ0n) is 11.7. The first-order valence-electron chi connectivity index (χ1n) is 7.60. The molecule has 2 N–H and O–H groups in total. The lowest BCUT2D eigenvalue weighted by molar-refractivity contribution is 0.417. The Balaban J connectivity index is 1.62. The van der Waals surface area contributed by atoms with Crippen molar-refractivity contribution >= 4 is 11.6 Å². The van der Waals surface area contributed by atoms with E-state index in [4.69, 9.17) is 17.3 Å². The molecular formula is C17H22ClN. The summed E-state index contributed by atoms with van der Waals surface area (Å²) >= 11 is 6.20. The highest BCUT2D eigenvalue weighted by Crippen LogP contribution is 2.71. The van der Waals surface area contributed by atoms with Gasteiger partial charge in [0.1, 0.15) is 0 Å². The highest BCUT2D eigenvalue weighted by atomic mass is 35.5. The van der Waals surface area contributed by atoms with Gasteiger partial charge in [0, 0.05) is 11.1 Å². The summed E-state index contributed by atoms with van der Waals surface area (Å²) in [5, 5.41) is 0.865. The van der Waals surface area contributed by atoms with Crippen molar-refractivity contribution < 1.29 is 0 Å². The number of fused-ring (bicyclic) bond motifs is 5. The second-order valence-corrected chi connectivity index (χ2v) is 7.46. The maximum absolute atomic E-state index is 6.62. The monoisotopic (exact) mass is 275 g/mol. The van der Waals surface area contributed by atoms with Crippen LogP contribution in [-0.2, 0) is 0 Å². The topological polar surface area (TPSA) is 26.0 Å². The van der Waals surface area contributed by atoms with Crippen molar-refractivity contribution in [1.29, 1.82) is 0 Å². The van der Waals surface area contributed by atoms with E-state index in [-0.39, 0.29) is 6.04 Å². The van der Waals surface area contributed by atoms with Crippen LogP contribution in [0.3, 0.4) is 0 Å². The quantitative estimate of drug-likeness (QED) is 0.858. The molecule has 3 fully saturated rings. The standard InChI is InChI=1S/C17H22ClN/c1-8-6-13(18)9(2)5-12(8)17(19)16-14-10-3-4-11(7-10)15(14)16/h5-6,10-11,14-17H,3-4,7,19H2,1-2H3. The Bertz CT molecular complexity index is 522. The highest BCUT2D eigenvalue weighted by Gasteiger charge is 2.66. The van der Waals surface area contributed by atoms with E-state index in [1.54, 1.807) is 0 Å². The summed E-state index contributed by atoms with van der Waals surface area (Å²) in [5.74, 6) is 4.65. The zero-order chi connectivity index (χ0) is 13.3. The molecule has 5 unspecified atom stereocenters. The Morgan fingerprint density at radius 1 is 1.11 bits per heavy atom. The van der Waals surface area contributed by atoms with E-state index in [9.17, 15) is 0 Å². The molecule has 1 aromatic rings. The molecule has 0 aromatic heterocycles. The lowest BCUT2D eigenvalue weighted by Crippen LogP contribution is -2.18. The Kier molecular flexibility index (Phi) is 2.57. The average molecular weight is 276 g/mol. The van der Waals surface area contributed by atoms with Gasteiger partial charge < -0.3 is 5.73 Å². The van der Waals surface area contributed by atoms with Gasteiger partial charge in [-0.05, 0) is 85.5 Å². The summed E-state index contributed by atoms with van der Waals surface area (Å²) < 4.78 is 0. The third-order valence-electron chi connectivity index (χ3n) is 6.12. The van der Waals surface area contributed by atoms with Crippen molar-refractivity contribution in [3.63, 3.8) is 0 Å². The molecule has 0 aliphatic heterocycles. The second kappa shape index (κ2) is 3.99. The van der Waals surface area contributed by atoms with E-state index >= 15 is 0 Å². The molecule has 2 heteroatoms. The van der Waals surface area contributed by atoms with Gasteiger partial charge in [-0.3, -0.25) is 0 Å². The zero-order valence-corrected chi connectivity index (χ0v) is 12.5. The molecular weight excluding hydrogens is 254 g/mol. The van der Waals surface area contributed by atoms with Crippen LogP contribution in [0.15, 0.2) is 12.1 Å². The molecule has 3 aliphatic rings. The number of aryl methyl sites for hydroxylation is 2. The van der Waals surface area contributed by atoms with Crippen molar-refractivity contribution in [2.24, 2.45) is 35.3 Å². The first-order valence-corrected chi connectivity index (χ1v) is 7.98. The van der Waals surface area contributed by atoms with Crippen LogP contribution < -0.4 is 5.73 Å². The van der Waals surface area contributed by atoms with Crippen molar-refractivity contribution in [1.82, 2.24) is 0 Å². The average Bonchev–Trinajstić information content (AvgIpc) is 2.81. The first kappa shape index (κ1) is 12.2. The number of halogens is 1. The van der Waals surface area contributed by atoms with Gasteiger partial charge >= 0.3 is 0 Å². The molecule has 1 nitrogen and oxygen atoms in total. The van der Waals surface area contributed by atoms with Crippen LogP contribution in [0.4, 0.5) is 0 Å². The van der Waals surface area contributed by atoms with Crippen molar-refractivity contribution in [3.05, 3.63) is 33.8 Å². The molecule has 4 rings (SSSR count). The van der Waals surface area contributed by atoms with E-state index in [0.717, 1.165) is 40.2 Å². The predicted molar refractivity (Wildman–Crippen MR) is 79.2 cm³/mol. The van der Waals surface area contributed by atoms with Gasteiger partial charge in [-0.1, -0.05) is 17.7 Å². The number of nitrogens with two attached hydrogens (primary N) is 1. The van der Waals surface area contributed by atoms with E-state index in [1.807, 2.05) is 0 Å². The SMILES string of the molecule is Cc1cc(C(N)C2C3C4CCC(C4)C32)c(C)cc1Cl. The summed E-state index contributed by atoms with van der Waals surface area (Å²) in [6, 6.07) is 4.53. The molecule has 0 radical (unpaired) electrons. The first-order chi connectivity index (χ1) is 9.08. The maximum atomic E-state index is 6.62. The third-order valence-corrected chi connectivity index (χ3v) is 6.52. The smallest absolute Gasteiger partial charge is 0.0438 e. The van der Waals surface area contributed by atoms with Crippen molar-refractivity contribution in [2.75, 3.05) is 0 Å². The largest absolute Gasteiger partial charge is 0.324 e. The number of hydrogen-bond acceptors (Lipinski definition) is 1. The van der Waals surface area contributed by atoms with Gasteiger partial charge in [0.05, 0.1) is 0 Å². The van der Waals surface area contributed by atoms with Crippen LogP contribution in [-0.4, -0.2) is 0 Å². The van der Waals surface area contributed by atoms with Crippen LogP contribution in [0, 0.1) is 43.4 Å². The molecule has 0 saturated heterocycles. The van der Waals surface area contributed by atoms with E-state index in [2.05, 4.69) is 26.0 Å². The molecule has 19 heavy (non-hydrogen) atoms. The van der Waals surface area contributed by atoms with Gasteiger partial charge in [0.15, 0.2) is 0 Å². The minimum atomic E-state index is 0.231. The molecule has 5 atom stereocenters. The Labute approximate surface area is 120 Å². The highest BCUT2D eigenvalue weighted by molar-refractivity contribution is 6.31. The molecule has 0 amide bonds. The third kappa shape index (κ3) is 1.64. The minimum Gasteiger partial charge on any atom is -0.324 e. The lowest BCUT2D eigenvalue weighted by Gasteiger charge is -2.19. The van der Waals surface area contributed by atoms with Crippen LogP contribution in [0.2, 0.25) is 5.02 Å². The Morgan fingerprint density at radius 2 is 1.74 bits per heavy atom. The van der Waals surface area contributed by atoms with Gasteiger partial charge in [-0.25, -0.2) is 0 Å². The molecule has 2 bridgehead atoms. The molecule has 102 valence electrons. The van der Waals surface area contributed by atoms with Crippen molar-refractivity contribution in [2.45, 2.75) is 39.2 Å². The summed E-state index contributed by atoms with van der Waals surface area (Å²) in [6.07, 6.45) is 4.43. The van der Waals surface area contributed by atoms with Gasteiger partial charge in [0.25, 0.3) is 0 Å². The fraction of sp³-hybridized carbons (Fsp3) is 0.647. The molecule has 3 aliphatic carbocycles. The fourth-order valence-corrected chi connectivity index (χ4v) is 5.46. The van der Waals surface area contributed by atoms with Crippen LogP contribution in [0.5, 0.6) is 0 Å². The van der Waals surface area contributed by atoms with Gasteiger partial charge in [-0.15, -0.1) is 0 Å². The van der Waals surface area contributed by atoms with Crippen LogP contribution in [0.1, 0.15) is 42.0 Å². The maximum Gasteiger partial charge on any atom is 0.0438 e. The normalized spacial score (nSPS) is 40.3. The summed E-state index contributed by atoms with van der Waals surface area (Å²) in [7, 11) is 0. The van der Waals surface area contributed by atoms with E-state index in [0.29, 0.717) is 0 Å². The molecule has 0 spiro atoms. The summed E-state index contributed by atoms with van der Waals surface area (Å²) in [5.41, 5.74) is 10.4. The predicted octanol–water partition coefficient (Wildman–Crippen LogP) is 4.25. The Hall–Kier alpha value is -0.530. The lowest BCUT2D eigenvalue weighted by atomic mass is 9.90. The van der Waals surface area contributed by atoms with Crippen LogP contribution in [0.25, 0.3) is 0 Å². The van der Waals surface area contributed by atoms with E-state index in [1.165, 1.54) is 30.4 Å². The molecule has 0 heterocycles. The molecule has 3 saturated carbocycles. The van der Waals surface area contributed by atoms with Crippen molar-refractivity contribution in [3.8, 4) is 0 Å². The number of hydrogen-bond donors (Lipinski definition) is 1. The number of benzene rings is 1.